The van der Waals surface area contributed by atoms with Crippen LogP contribution in [0.15, 0.2) is 158 Å². The highest BCUT2D eigenvalue weighted by atomic mass is 15.2. The first kappa shape index (κ1) is 25.6. The van der Waals surface area contributed by atoms with E-state index in [0.29, 0.717) is 5.95 Å². The number of rotatable bonds is 3. The van der Waals surface area contributed by atoms with E-state index in [-0.39, 0.29) is 0 Å². The maximum atomic E-state index is 5.37. The van der Waals surface area contributed by atoms with Crippen molar-refractivity contribution in [2.75, 3.05) is 0 Å². The third kappa shape index (κ3) is 3.43. The van der Waals surface area contributed by atoms with Gasteiger partial charge in [-0.1, -0.05) is 127 Å². The Morgan fingerprint density at radius 3 is 1.73 bits per heavy atom. The van der Waals surface area contributed by atoms with Crippen LogP contribution in [0.3, 0.4) is 0 Å². The largest absolute Gasteiger partial charge is 0.308 e. The SMILES string of the molecule is c1ccc(-c2ccc(-c3nc(-n4c5ccccc5c5cc6c(cc54)c4cccc5c7ccccc7n6c54)nc4ccccc34)cc2)cc1. The maximum Gasteiger partial charge on any atom is 0.235 e. The fourth-order valence-corrected chi connectivity index (χ4v) is 7.94. The normalized spacial score (nSPS) is 12.2. The lowest BCUT2D eigenvalue weighted by Crippen LogP contribution is -2.03. The van der Waals surface area contributed by atoms with Gasteiger partial charge in [0.25, 0.3) is 0 Å². The Balaban J connectivity index is 1.21. The quantitative estimate of drug-likeness (QED) is 0.199. The summed E-state index contributed by atoms with van der Waals surface area (Å²) in [6.45, 7) is 0. The lowest BCUT2D eigenvalue weighted by atomic mass is 10.0. The molecule has 48 heavy (non-hydrogen) atoms. The van der Waals surface area contributed by atoms with E-state index in [4.69, 9.17) is 9.97 Å². The number of hydrogen-bond donors (Lipinski definition) is 0. The minimum Gasteiger partial charge on any atom is -0.308 e. The molecule has 11 aromatic rings. The molecule has 4 heterocycles. The molecule has 0 spiro atoms. The molecule has 0 bridgehead atoms. The van der Waals surface area contributed by atoms with Gasteiger partial charge in [-0.25, -0.2) is 9.97 Å². The highest BCUT2D eigenvalue weighted by molar-refractivity contribution is 6.26. The van der Waals surface area contributed by atoms with Gasteiger partial charge in [0.15, 0.2) is 0 Å². The second-order valence-corrected chi connectivity index (χ2v) is 12.6. The van der Waals surface area contributed by atoms with Crippen LogP contribution >= 0.6 is 0 Å². The molecular weight excluding hydrogens is 585 g/mol. The van der Waals surface area contributed by atoms with Gasteiger partial charge in [0.1, 0.15) is 0 Å². The standard InChI is InChI=1S/C44H26N4/c1-2-11-27(12-3-1)28-21-23-29(24-22-28)42-34-15-4-7-18-37(34)45-44(46-42)48-39-20-9-6-14-31(39)35-25-40-36(26-41(35)48)33-17-10-16-32-30-13-5-8-19-38(30)47(40)43(32)33/h1-26H. The predicted octanol–water partition coefficient (Wildman–Crippen LogP) is 11.2. The molecule has 0 amide bonds. The van der Waals surface area contributed by atoms with Crippen LogP contribution in [0.2, 0.25) is 0 Å². The highest BCUT2D eigenvalue weighted by Gasteiger charge is 2.22. The molecular formula is C44H26N4. The average molecular weight is 611 g/mol. The summed E-state index contributed by atoms with van der Waals surface area (Å²) in [5.41, 5.74) is 11.2. The van der Waals surface area contributed by atoms with Crippen LogP contribution in [-0.2, 0) is 0 Å². The van der Waals surface area contributed by atoms with E-state index in [1.54, 1.807) is 0 Å². The smallest absolute Gasteiger partial charge is 0.235 e. The first-order chi connectivity index (χ1) is 23.8. The molecule has 0 atom stereocenters. The van der Waals surface area contributed by atoms with Gasteiger partial charge in [-0.3, -0.25) is 4.57 Å². The van der Waals surface area contributed by atoms with Crippen molar-refractivity contribution in [2.24, 2.45) is 0 Å². The summed E-state index contributed by atoms with van der Waals surface area (Å²) < 4.78 is 4.70. The Labute approximate surface area is 275 Å². The van der Waals surface area contributed by atoms with Gasteiger partial charge in [-0.05, 0) is 41.5 Å². The Kier molecular flexibility index (Phi) is 5.08. The molecule has 4 aromatic heterocycles. The van der Waals surface area contributed by atoms with E-state index in [1.165, 1.54) is 60.0 Å². The number of nitrogens with zero attached hydrogens (tertiary/aromatic N) is 4. The zero-order valence-corrected chi connectivity index (χ0v) is 25.8. The summed E-state index contributed by atoms with van der Waals surface area (Å²) >= 11 is 0. The molecule has 0 unspecified atom stereocenters. The van der Waals surface area contributed by atoms with Crippen LogP contribution in [-0.4, -0.2) is 18.9 Å². The molecule has 7 aromatic carbocycles. The summed E-state index contributed by atoms with van der Waals surface area (Å²) in [6.07, 6.45) is 0. The Morgan fingerprint density at radius 1 is 0.354 bits per heavy atom. The summed E-state index contributed by atoms with van der Waals surface area (Å²) in [5.74, 6) is 0.670. The van der Waals surface area contributed by atoms with Crippen molar-refractivity contribution in [3.8, 4) is 28.3 Å². The first-order valence-electron chi connectivity index (χ1n) is 16.3. The van der Waals surface area contributed by atoms with Crippen LogP contribution in [0.25, 0.3) is 99.1 Å². The van der Waals surface area contributed by atoms with E-state index in [0.717, 1.165) is 33.2 Å². The second-order valence-electron chi connectivity index (χ2n) is 12.6. The van der Waals surface area contributed by atoms with E-state index >= 15 is 0 Å². The molecule has 0 fully saturated rings. The Bertz CT molecular complexity index is 3040. The molecule has 0 saturated carbocycles. The van der Waals surface area contributed by atoms with E-state index in [9.17, 15) is 0 Å². The lowest BCUT2D eigenvalue weighted by molar-refractivity contribution is 1.01. The average Bonchev–Trinajstić information content (AvgIpc) is 3.79. The van der Waals surface area contributed by atoms with Crippen LogP contribution in [0.4, 0.5) is 0 Å². The minimum atomic E-state index is 0.670. The van der Waals surface area contributed by atoms with Crippen molar-refractivity contribution in [1.29, 1.82) is 0 Å². The van der Waals surface area contributed by atoms with Gasteiger partial charge in [0.05, 0.1) is 38.8 Å². The Hall–Kier alpha value is -6.52. The van der Waals surface area contributed by atoms with Gasteiger partial charge in [0, 0.05) is 43.3 Å². The summed E-state index contributed by atoms with van der Waals surface area (Å²) in [4.78, 5) is 10.6. The minimum absolute atomic E-state index is 0.670. The molecule has 0 aliphatic heterocycles. The van der Waals surface area contributed by atoms with E-state index < -0.39 is 0 Å². The molecule has 0 aliphatic carbocycles. The monoisotopic (exact) mass is 610 g/mol. The number of aromatic nitrogens is 4. The fourth-order valence-electron chi connectivity index (χ4n) is 7.94. The van der Waals surface area contributed by atoms with Crippen LogP contribution < -0.4 is 0 Å². The van der Waals surface area contributed by atoms with Gasteiger partial charge in [0.2, 0.25) is 5.95 Å². The zero-order chi connectivity index (χ0) is 31.3. The van der Waals surface area contributed by atoms with Gasteiger partial charge >= 0.3 is 0 Å². The molecule has 0 saturated heterocycles. The zero-order valence-electron chi connectivity index (χ0n) is 25.8. The third-order valence-electron chi connectivity index (χ3n) is 10.1. The van der Waals surface area contributed by atoms with Crippen molar-refractivity contribution in [1.82, 2.24) is 18.9 Å². The summed E-state index contributed by atoms with van der Waals surface area (Å²) in [5, 5.41) is 8.48. The fraction of sp³-hybridized carbons (Fsp3) is 0. The summed E-state index contributed by atoms with van der Waals surface area (Å²) in [7, 11) is 0. The van der Waals surface area contributed by atoms with Crippen LogP contribution in [0, 0.1) is 0 Å². The second kappa shape index (κ2) is 9.50. The molecule has 0 radical (unpaired) electrons. The predicted molar refractivity (Wildman–Crippen MR) is 199 cm³/mol. The molecule has 0 aliphatic rings. The number of hydrogen-bond acceptors (Lipinski definition) is 2. The third-order valence-corrected chi connectivity index (χ3v) is 10.1. The van der Waals surface area contributed by atoms with Crippen molar-refractivity contribution in [3.05, 3.63) is 158 Å². The number of fused-ring (bicyclic) bond motifs is 10. The number of benzene rings is 7. The first-order valence-corrected chi connectivity index (χ1v) is 16.3. The van der Waals surface area contributed by atoms with Crippen molar-refractivity contribution < 1.29 is 0 Å². The highest BCUT2D eigenvalue weighted by Crippen LogP contribution is 2.42. The van der Waals surface area contributed by atoms with Crippen molar-refractivity contribution in [3.63, 3.8) is 0 Å². The lowest BCUT2D eigenvalue weighted by Gasteiger charge is -2.12. The Morgan fingerprint density at radius 2 is 0.917 bits per heavy atom. The van der Waals surface area contributed by atoms with E-state index in [2.05, 4.69) is 167 Å². The van der Waals surface area contributed by atoms with E-state index in [1.807, 2.05) is 0 Å². The van der Waals surface area contributed by atoms with Crippen molar-refractivity contribution >= 4 is 70.8 Å². The molecule has 222 valence electrons. The molecule has 11 rings (SSSR count). The topological polar surface area (TPSA) is 35.1 Å². The maximum absolute atomic E-state index is 5.37. The van der Waals surface area contributed by atoms with Crippen LogP contribution in [0.5, 0.6) is 0 Å². The van der Waals surface area contributed by atoms with Crippen LogP contribution in [0.1, 0.15) is 0 Å². The summed E-state index contributed by atoms with van der Waals surface area (Å²) in [6, 6.07) is 56.3. The van der Waals surface area contributed by atoms with Crippen molar-refractivity contribution in [2.45, 2.75) is 0 Å². The van der Waals surface area contributed by atoms with Gasteiger partial charge in [-0.15, -0.1) is 0 Å². The van der Waals surface area contributed by atoms with Gasteiger partial charge < -0.3 is 4.40 Å². The number of para-hydroxylation sites is 4. The molecule has 4 nitrogen and oxygen atoms in total. The van der Waals surface area contributed by atoms with Gasteiger partial charge in [-0.2, -0.15) is 0 Å². The molecule has 0 N–H and O–H groups in total. The molecule has 4 heteroatoms.